The minimum Gasteiger partial charge on any atom is -0.325 e. The van der Waals surface area contributed by atoms with E-state index in [0.29, 0.717) is 12.6 Å². The van der Waals surface area contributed by atoms with Gasteiger partial charge in [0.05, 0.1) is 11.7 Å². The first kappa shape index (κ1) is 11.0. The number of nitrogens with two attached hydrogens (primary N) is 1. The van der Waals surface area contributed by atoms with Gasteiger partial charge in [-0.2, -0.15) is 0 Å². The number of thiazole rings is 1. The molecule has 0 bridgehead atoms. The van der Waals surface area contributed by atoms with Crippen LogP contribution in [0.1, 0.15) is 40.9 Å². The van der Waals surface area contributed by atoms with Crippen molar-refractivity contribution >= 4 is 11.3 Å². The zero-order chi connectivity index (χ0) is 10.8. The van der Waals surface area contributed by atoms with Crippen LogP contribution in [0.5, 0.6) is 0 Å². The fraction of sp³-hybridized carbons (Fsp3) is 0.727. The molecule has 0 radical (unpaired) electrons. The first-order valence-corrected chi connectivity index (χ1v) is 6.40. The quantitative estimate of drug-likeness (QED) is 0.838. The van der Waals surface area contributed by atoms with E-state index in [0.717, 1.165) is 5.01 Å². The molecule has 4 heteroatoms. The van der Waals surface area contributed by atoms with Gasteiger partial charge >= 0.3 is 0 Å². The first-order valence-electron chi connectivity index (χ1n) is 5.59. The molecular formula is C11H19N3S. The lowest BCUT2D eigenvalue weighted by Crippen LogP contribution is -2.30. The van der Waals surface area contributed by atoms with Crippen molar-refractivity contribution < 1.29 is 0 Å². The highest BCUT2D eigenvalue weighted by molar-refractivity contribution is 7.11. The molecule has 1 aromatic heterocycles. The monoisotopic (exact) mass is 225 g/mol. The second-order valence-electron chi connectivity index (χ2n) is 4.25. The van der Waals surface area contributed by atoms with Gasteiger partial charge in [0.1, 0.15) is 5.01 Å². The van der Waals surface area contributed by atoms with Crippen LogP contribution in [0, 0.1) is 6.92 Å². The van der Waals surface area contributed by atoms with Gasteiger partial charge in [-0.3, -0.25) is 4.90 Å². The molecule has 0 amide bonds. The molecule has 1 aliphatic rings. The van der Waals surface area contributed by atoms with Crippen LogP contribution in [0.2, 0.25) is 0 Å². The Kier molecular flexibility index (Phi) is 3.38. The van der Waals surface area contributed by atoms with E-state index in [1.165, 1.54) is 36.4 Å². The van der Waals surface area contributed by atoms with Crippen molar-refractivity contribution in [3.63, 3.8) is 0 Å². The Labute approximate surface area is 95.3 Å². The Bertz CT molecular complexity index is 335. The number of aromatic nitrogens is 1. The molecule has 2 N–H and O–H groups in total. The van der Waals surface area contributed by atoms with Crippen molar-refractivity contribution in [1.82, 2.24) is 9.88 Å². The van der Waals surface area contributed by atoms with Gasteiger partial charge in [-0.15, -0.1) is 11.3 Å². The summed E-state index contributed by atoms with van der Waals surface area (Å²) in [5.74, 6) is 0. The lowest BCUT2D eigenvalue weighted by atomic mass is 10.00. The summed E-state index contributed by atoms with van der Waals surface area (Å²) < 4.78 is 0. The summed E-state index contributed by atoms with van der Waals surface area (Å²) in [4.78, 5) is 8.42. The number of aryl methyl sites for hydroxylation is 1. The van der Waals surface area contributed by atoms with E-state index < -0.39 is 0 Å². The molecule has 1 aromatic rings. The fourth-order valence-electron chi connectivity index (χ4n) is 2.28. The van der Waals surface area contributed by atoms with Crippen LogP contribution in [0.3, 0.4) is 0 Å². The Morgan fingerprint density at radius 1 is 1.53 bits per heavy atom. The number of rotatable bonds is 2. The van der Waals surface area contributed by atoms with E-state index in [2.05, 4.69) is 23.9 Å². The largest absolute Gasteiger partial charge is 0.325 e. The SMILES string of the molecule is Cc1sc(CN)nc1C1CCCCN1C. The molecule has 2 rings (SSSR count). The second-order valence-corrected chi connectivity index (χ2v) is 5.53. The maximum Gasteiger partial charge on any atom is 0.107 e. The van der Waals surface area contributed by atoms with Crippen molar-refractivity contribution in [3.8, 4) is 0 Å². The molecule has 1 atom stereocenters. The van der Waals surface area contributed by atoms with E-state index >= 15 is 0 Å². The first-order chi connectivity index (χ1) is 7.22. The van der Waals surface area contributed by atoms with Crippen LogP contribution in [-0.4, -0.2) is 23.5 Å². The third-order valence-electron chi connectivity index (χ3n) is 3.14. The standard InChI is InChI=1S/C11H19N3S/c1-8-11(13-10(7-12)15-8)9-5-3-4-6-14(9)2/h9H,3-7,12H2,1-2H3. The van der Waals surface area contributed by atoms with Crippen molar-refractivity contribution in [2.24, 2.45) is 5.73 Å². The zero-order valence-corrected chi connectivity index (χ0v) is 10.3. The number of piperidine rings is 1. The molecule has 1 unspecified atom stereocenters. The summed E-state index contributed by atoms with van der Waals surface area (Å²) in [6.45, 7) is 3.93. The summed E-state index contributed by atoms with van der Waals surface area (Å²) in [5, 5.41) is 1.07. The average molecular weight is 225 g/mol. The molecular weight excluding hydrogens is 206 g/mol. The minimum atomic E-state index is 0.523. The summed E-state index contributed by atoms with van der Waals surface area (Å²) in [6, 6.07) is 0.523. The van der Waals surface area contributed by atoms with E-state index in [1.54, 1.807) is 11.3 Å². The van der Waals surface area contributed by atoms with Gasteiger partial charge in [0.2, 0.25) is 0 Å². The fourth-order valence-corrected chi connectivity index (χ4v) is 3.15. The molecule has 1 saturated heterocycles. The van der Waals surface area contributed by atoms with Crippen molar-refractivity contribution in [1.29, 1.82) is 0 Å². The molecule has 15 heavy (non-hydrogen) atoms. The summed E-state index contributed by atoms with van der Waals surface area (Å²) >= 11 is 1.75. The smallest absolute Gasteiger partial charge is 0.107 e. The highest BCUT2D eigenvalue weighted by atomic mass is 32.1. The topological polar surface area (TPSA) is 42.1 Å². The molecule has 1 fully saturated rings. The molecule has 0 saturated carbocycles. The lowest BCUT2D eigenvalue weighted by Gasteiger charge is -2.31. The Morgan fingerprint density at radius 3 is 2.93 bits per heavy atom. The maximum atomic E-state index is 5.63. The van der Waals surface area contributed by atoms with Gasteiger partial charge in [-0.1, -0.05) is 6.42 Å². The van der Waals surface area contributed by atoms with Crippen LogP contribution in [0.15, 0.2) is 0 Å². The number of hydrogen-bond acceptors (Lipinski definition) is 4. The summed E-state index contributed by atoms with van der Waals surface area (Å²) in [7, 11) is 2.20. The van der Waals surface area contributed by atoms with Crippen molar-refractivity contribution in [2.45, 2.75) is 38.8 Å². The molecule has 84 valence electrons. The van der Waals surface area contributed by atoms with Gasteiger partial charge in [-0.25, -0.2) is 4.98 Å². The van der Waals surface area contributed by atoms with Crippen LogP contribution in [0.4, 0.5) is 0 Å². The highest BCUT2D eigenvalue weighted by Crippen LogP contribution is 2.32. The van der Waals surface area contributed by atoms with Crippen LogP contribution in [0.25, 0.3) is 0 Å². The molecule has 0 spiro atoms. The lowest BCUT2D eigenvalue weighted by molar-refractivity contribution is 0.183. The molecule has 2 heterocycles. The van der Waals surface area contributed by atoms with Crippen LogP contribution >= 0.6 is 11.3 Å². The molecule has 0 aromatic carbocycles. The number of likely N-dealkylation sites (tertiary alicyclic amines) is 1. The van der Waals surface area contributed by atoms with Crippen molar-refractivity contribution in [2.75, 3.05) is 13.6 Å². The molecule has 3 nitrogen and oxygen atoms in total. The Hall–Kier alpha value is -0.450. The van der Waals surface area contributed by atoms with Gasteiger partial charge in [-0.05, 0) is 33.4 Å². The van der Waals surface area contributed by atoms with Gasteiger partial charge in [0.15, 0.2) is 0 Å². The van der Waals surface area contributed by atoms with Crippen molar-refractivity contribution in [3.05, 3.63) is 15.6 Å². The third-order valence-corrected chi connectivity index (χ3v) is 4.15. The third kappa shape index (κ3) is 2.22. The second kappa shape index (κ2) is 4.60. The Morgan fingerprint density at radius 2 is 2.33 bits per heavy atom. The maximum absolute atomic E-state index is 5.63. The van der Waals surface area contributed by atoms with E-state index in [-0.39, 0.29) is 0 Å². The number of nitrogens with zero attached hydrogens (tertiary/aromatic N) is 2. The summed E-state index contributed by atoms with van der Waals surface area (Å²) in [6.07, 6.45) is 3.88. The van der Waals surface area contributed by atoms with E-state index in [1.807, 2.05) is 0 Å². The van der Waals surface area contributed by atoms with Gasteiger partial charge in [0.25, 0.3) is 0 Å². The predicted octanol–water partition coefficient (Wildman–Crippen LogP) is 2.07. The summed E-state index contributed by atoms with van der Waals surface area (Å²) in [5.41, 5.74) is 6.90. The van der Waals surface area contributed by atoms with Gasteiger partial charge in [0, 0.05) is 11.4 Å². The molecule has 1 aliphatic heterocycles. The van der Waals surface area contributed by atoms with E-state index in [9.17, 15) is 0 Å². The highest BCUT2D eigenvalue weighted by Gasteiger charge is 2.24. The average Bonchev–Trinajstić information content (AvgIpc) is 2.60. The Balaban J connectivity index is 2.23. The van der Waals surface area contributed by atoms with E-state index in [4.69, 9.17) is 5.73 Å². The minimum absolute atomic E-state index is 0.523. The molecule has 0 aliphatic carbocycles. The predicted molar refractivity (Wildman–Crippen MR) is 64.0 cm³/mol. The normalized spacial score (nSPS) is 23.3. The number of hydrogen-bond donors (Lipinski definition) is 1. The van der Waals surface area contributed by atoms with Gasteiger partial charge < -0.3 is 5.73 Å². The van der Waals surface area contributed by atoms with Crippen LogP contribution < -0.4 is 5.73 Å². The zero-order valence-electron chi connectivity index (χ0n) is 9.49. The van der Waals surface area contributed by atoms with Crippen LogP contribution in [-0.2, 0) is 6.54 Å².